The Morgan fingerprint density at radius 3 is 2.07 bits per heavy atom. The average molecular weight is 573 g/mol. The van der Waals surface area contributed by atoms with Crippen molar-refractivity contribution in [3.05, 3.63) is 143 Å². The van der Waals surface area contributed by atoms with E-state index in [-0.39, 0.29) is 18.1 Å². The third kappa shape index (κ3) is 5.91. The number of alkyl halides is 3. The topological polar surface area (TPSA) is 71.4 Å². The zero-order chi connectivity index (χ0) is 29.7. The van der Waals surface area contributed by atoms with Crippen LogP contribution in [0.3, 0.4) is 0 Å². The summed E-state index contributed by atoms with van der Waals surface area (Å²) in [4.78, 5) is 20.0. The normalized spacial score (nSPS) is 15.7. The molecule has 42 heavy (non-hydrogen) atoms. The van der Waals surface area contributed by atoms with Crippen molar-refractivity contribution in [2.45, 2.75) is 18.8 Å². The molecule has 1 atom stereocenters. The Morgan fingerprint density at radius 1 is 0.881 bits per heavy atom. The number of hydrogen-bond donors (Lipinski definition) is 1. The summed E-state index contributed by atoms with van der Waals surface area (Å²) < 4.78 is 51.6. The van der Waals surface area contributed by atoms with Crippen LogP contribution in [-0.2, 0) is 22.3 Å². The van der Waals surface area contributed by atoms with E-state index in [1.165, 1.54) is 17.0 Å². The smallest absolute Gasteiger partial charge is 0.416 e. The van der Waals surface area contributed by atoms with Crippen LogP contribution in [0.4, 0.5) is 18.9 Å². The lowest BCUT2D eigenvalue weighted by molar-refractivity contribution is -0.137. The maximum absolute atomic E-state index is 14.2. The summed E-state index contributed by atoms with van der Waals surface area (Å²) in [5.74, 6) is 0.0365. The molecule has 1 aliphatic rings. The van der Waals surface area contributed by atoms with Gasteiger partial charge in [-0.25, -0.2) is 0 Å². The second kappa shape index (κ2) is 12.3. The maximum atomic E-state index is 14.2. The standard InChI is InChI=1S/C33H27F3N2O4/c1-41-27-18-12-23(13-19-27)29(37-21-39)28-30(24-10-6-3-7-11-24)38(26-16-14-25(15-17-26)33(34,35)36)32(40)31(28)42-20-22-8-4-2-5-9-22/h2-19,30,39H,20-21H2,1H3/b37-29-. The van der Waals surface area contributed by atoms with Crippen LogP contribution < -0.4 is 9.64 Å². The lowest BCUT2D eigenvalue weighted by Crippen LogP contribution is -2.31. The van der Waals surface area contributed by atoms with Crippen molar-refractivity contribution in [2.24, 2.45) is 4.99 Å². The van der Waals surface area contributed by atoms with Crippen LogP contribution in [0.15, 0.2) is 126 Å². The first-order chi connectivity index (χ1) is 20.3. The minimum atomic E-state index is -4.53. The van der Waals surface area contributed by atoms with E-state index in [1.54, 1.807) is 43.5 Å². The summed E-state index contributed by atoms with van der Waals surface area (Å²) in [6.07, 6.45) is -4.53. The van der Waals surface area contributed by atoms with Gasteiger partial charge >= 0.3 is 6.18 Å². The minimum Gasteiger partial charge on any atom is -0.497 e. The number of amides is 1. The molecule has 1 amide bonds. The number of methoxy groups -OCH3 is 1. The summed E-state index contributed by atoms with van der Waals surface area (Å²) in [7, 11) is 1.54. The Hall–Kier alpha value is -4.89. The van der Waals surface area contributed by atoms with Crippen molar-refractivity contribution in [1.29, 1.82) is 0 Å². The number of carbonyl (C=O) groups is 1. The summed E-state index contributed by atoms with van der Waals surface area (Å²) in [6, 6.07) is 28.9. The second-order valence-corrected chi connectivity index (χ2v) is 9.43. The molecule has 1 aliphatic heterocycles. The SMILES string of the molecule is COc1ccc(/C(=N/CO)C2=C(OCc3ccccc3)C(=O)N(c3ccc(C(F)(F)F)cc3)C2c2ccccc2)cc1. The Balaban J connectivity index is 1.70. The molecule has 0 aromatic heterocycles. The molecule has 5 rings (SSSR count). The van der Waals surface area contributed by atoms with Gasteiger partial charge in [-0.05, 0) is 59.7 Å². The zero-order valence-electron chi connectivity index (χ0n) is 22.6. The number of aliphatic hydroxyl groups is 1. The maximum Gasteiger partial charge on any atom is 0.416 e. The van der Waals surface area contributed by atoms with Crippen molar-refractivity contribution in [2.75, 3.05) is 18.7 Å². The number of aliphatic imine (C=N–C) groups is 1. The summed E-state index contributed by atoms with van der Waals surface area (Å²) in [6.45, 7) is -0.518. The van der Waals surface area contributed by atoms with E-state index < -0.39 is 30.4 Å². The molecule has 4 aromatic carbocycles. The highest BCUT2D eigenvalue weighted by Crippen LogP contribution is 2.44. The molecule has 0 spiro atoms. The Morgan fingerprint density at radius 2 is 1.50 bits per heavy atom. The van der Waals surface area contributed by atoms with Crippen LogP contribution in [-0.4, -0.2) is 30.6 Å². The number of halogens is 3. The molecule has 0 aliphatic carbocycles. The monoisotopic (exact) mass is 572 g/mol. The number of anilines is 1. The van der Waals surface area contributed by atoms with Crippen molar-refractivity contribution in [3.63, 3.8) is 0 Å². The fourth-order valence-electron chi connectivity index (χ4n) is 4.88. The zero-order valence-corrected chi connectivity index (χ0v) is 22.6. The molecule has 4 aromatic rings. The van der Waals surface area contributed by atoms with E-state index in [0.29, 0.717) is 28.2 Å². The van der Waals surface area contributed by atoms with Gasteiger partial charge in [0.25, 0.3) is 5.91 Å². The van der Waals surface area contributed by atoms with Crippen molar-refractivity contribution in [1.82, 2.24) is 0 Å². The van der Waals surface area contributed by atoms with Crippen molar-refractivity contribution < 1.29 is 32.5 Å². The Labute approximate surface area is 241 Å². The van der Waals surface area contributed by atoms with Gasteiger partial charge in [-0.1, -0.05) is 60.7 Å². The van der Waals surface area contributed by atoms with Gasteiger partial charge in [0.05, 0.1) is 30.0 Å². The van der Waals surface area contributed by atoms with Crippen LogP contribution in [0.25, 0.3) is 0 Å². The minimum absolute atomic E-state index is 0.0179. The molecule has 1 heterocycles. The van der Waals surface area contributed by atoms with Gasteiger partial charge in [0.1, 0.15) is 19.1 Å². The number of nitrogens with zero attached hydrogens (tertiary/aromatic N) is 2. The number of benzene rings is 4. The van der Waals surface area contributed by atoms with E-state index in [9.17, 15) is 23.1 Å². The molecular weight excluding hydrogens is 545 g/mol. The molecule has 0 radical (unpaired) electrons. The number of rotatable bonds is 9. The quantitative estimate of drug-likeness (QED) is 0.226. The average Bonchev–Trinajstić information content (AvgIpc) is 3.30. The molecule has 0 saturated carbocycles. The van der Waals surface area contributed by atoms with Gasteiger partial charge in [-0.2, -0.15) is 13.2 Å². The number of ether oxygens (including phenoxy) is 2. The molecule has 1 N–H and O–H groups in total. The van der Waals surface area contributed by atoms with E-state index in [4.69, 9.17) is 9.47 Å². The highest BCUT2D eigenvalue weighted by molar-refractivity contribution is 6.23. The fourth-order valence-corrected chi connectivity index (χ4v) is 4.88. The molecule has 0 saturated heterocycles. The molecular formula is C33H27F3N2O4. The molecule has 214 valence electrons. The van der Waals surface area contributed by atoms with Crippen LogP contribution in [0.1, 0.15) is 28.3 Å². The summed E-state index contributed by atoms with van der Waals surface area (Å²) in [5, 5.41) is 9.99. The Bertz CT molecular complexity index is 1580. The number of hydrogen-bond acceptors (Lipinski definition) is 5. The van der Waals surface area contributed by atoms with E-state index in [1.807, 2.05) is 48.5 Å². The summed E-state index contributed by atoms with van der Waals surface area (Å²) >= 11 is 0. The molecule has 1 unspecified atom stereocenters. The summed E-state index contributed by atoms with van der Waals surface area (Å²) in [5.41, 5.74) is 2.17. The van der Waals surface area contributed by atoms with Crippen LogP contribution in [0, 0.1) is 0 Å². The van der Waals surface area contributed by atoms with Crippen molar-refractivity contribution in [3.8, 4) is 5.75 Å². The molecule has 6 nitrogen and oxygen atoms in total. The van der Waals surface area contributed by atoms with Crippen LogP contribution >= 0.6 is 0 Å². The highest BCUT2D eigenvalue weighted by Gasteiger charge is 2.45. The van der Waals surface area contributed by atoms with Crippen molar-refractivity contribution >= 4 is 17.3 Å². The number of carbonyl (C=O) groups excluding carboxylic acids is 1. The predicted molar refractivity (Wildman–Crippen MR) is 153 cm³/mol. The van der Waals surface area contributed by atoms with Crippen LogP contribution in [0.5, 0.6) is 5.75 Å². The first-order valence-electron chi connectivity index (χ1n) is 13.1. The molecule has 0 bridgehead atoms. The van der Waals surface area contributed by atoms with Gasteiger partial charge in [-0.15, -0.1) is 0 Å². The van der Waals surface area contributed by atoms with Gasteiger partial charge < -0.3 is 14.6 Å². The Kier molecular flexibility index (Phi) is 8.40. The second-order valence-electron chi connectivity index (χ2n) is 9.43. The van der Waals surface area contributed by atoms with Gasteiger partial charge in [0.15, 0.2) is 5.76 Å². The van der Waals surface area contributed by atoms with Gasteiger partial charge in [0.2, 0.25) is 0 Å². The van der Waals surface area contributed by atoms with E-state index in [2.05, 4.69) is 4.99 Å². The lowest BCUT2D eigenvalue weighted by atomic mass is 9.91. The molecule has 0 fully saturated rings. The highest BCUT2D eigenvalue weighted by atomic mass is 19.4. The van der Waals surface area contributed by atoms with E-state index >= 15 is 0 Å². The molecule has 9 heteroatoms. The third-order valence-electron chi connectivity index (χ3n) is 6.85. The van der Waals surface area contributed by atoms with E-state index in [0.717, 1.165) is 17.7 Å². The van der Waals surface area contributed by atoms with Gasteiger partial charge in [-0.3, -0.25) is 14.7 Å². The number of aliphatic hydroxyl groups excluding tert-OH is 1. The van der Waals surface area contributed by atoms with Gasteiger partial charge in [0, 0.05) is 11.3 Å². The first-order valence-corrected chi connectivity index (χ1v) is 13.1. The largest absolute Gasteiger partial charge is 0.497 e. The fraction of sp³-hybridized carbons (Fsp3) is 0.152. The van der Waals surface area contributed by atoms with Crippen LogP contribution in [0.2, 0.25) is 0 Å². The lowest BCUT2D eigenvalue weighted by Gasteiger charge is -2.28. The third-order valence-corrected chi connectivity index (χ3v) is 6.85. The predicted octanol–water partition coefficient (Wildman–Crippen LogP) is 6.71. The first kappa shape index (κ1) is 28.6.